The van der Waals surface area contributed by atoms with Crippen molar-refractivity contribution in [1.29, 1.82) is 0 Å². The van der Waals surface area contributed by atoms with E-state index in [0.29, 0.717) is 16.5 Å². The lowest BCUT2D eigenvalue weighted by Crippen LogP contribution is -2.55. The molecule has 2 nitrogen and oxygen atoms in total. The van der Waals surface area contributed by atoms with Crippen LogP contribution in [0.2, 0.25) is 0 Å². The van der Waals surface area contributed by atoms with Gasteiger partial charge in [-0.05, 0) is 73.6 Å². The smallest absolute Gasteiger partial charge is 0.145 e. The Hall–Kier alpha value is -5.93. The van der Waals surface area contributed by atoms with Gasteiger partial charge in [0.2, 0.25) is 0 Å². The van der Waals surface area contributed by atoms with E-state index in [0.717, 1.165) is 77.5 Å². The molecule has 9 rings (SSSR count). The number of hydrogen-bond acceptors (Lipinski definition) is 1. The number of fused-ring (bicyclic) bond motifs is 3. The van der Waals surface area contributed by atoms with Crippen LogP contribution in [0, 0.1) is 0 Å². The molecule has 230 valence electrons. The molecule has 1 heterocycles. The minimum atomic E-state index is 0.185. The van der Waals surface area contributed by atoms with Crippen LogP contribution in [0.3, 0.4) is 0 Å². The van der Waals surface area contributed by atoms with Gasteiger partial charge in [-0.1, -0.05) is 138 Å². The van der Waals surface area contributed by atoms with Gasteiger partial charge >= 0.3 is 0 Å². The average molecular weight is 648 g/mol. The van der Waals surface area contributed by atoms with Crippen molar-refractivity contribution >= 4 is 99.1 Å². The summed E-state index contributed by atoms with van der Waals surface area (Å²) in [5.74, 6) is 0.860. The predicted octanol–water partition coefficient (Wildman–Crippen LogP) is 5.97. The minimum Gasteiger partial charge on any atom is -0.292 e. The van der Waals surface area contributed by atoms with Gasteiger partial charge in [0.25, 0.3) is 0 Å². The van der Waals surface area contributed by atoms with Gasteiger partial charge in [-0.3, -0.25) is 4.57 Å². The maximum absolute atomic E-state index is 6.83. The Bertz CT molecular complexity index is 2820. The molecule has 0 fully saturated rings. The molecule has 9 aromatic rings. The summed E-state index contributed by atoms with van der Waals surface area (Å²) in [6.07, 6.45) is 0. The van der Waals surface area contributed by atoms with Crippen LogP contribution < -0.4 is 27.3 Å². The molecule has 0 aliphatic carbocycles. The fourth-order valence-corrected chi connectivity index (χ4v) is 7.60. The highest BCUT2D eigenvalue weighted by atomic mass is 15.1. The normalized spacial score (nSPS) is 11.5. The van der Waals surface area contributed by atoms with Crippen molar-refractivity contribution < 1.29 is 0 Å². The van der Waals surface area contributed by atoms with Crippen LogP contribution in [0.4, 0.5) is 0 Å². The summed E-state index contributed by atoms with van der Waals surface area (Å²) >= 11 is 0. The SMILES string of the molecule is [B]c1c([B])c([B])c(-c2c3ccccc3c(-c3ccccc3-n3c(-c4ccccc4)nc4ccccc43)c3ccc(-c4ccccc4)cc23)c([B])c1[B]. The van der Waals surface area contributed by atoms with Gasteiger partial charge in [0, 0.05) is 11.1 Å². The Morgan fingerprint density at radius 2 is 0.923 bits per heavy atom. The quantitative estimate of drug-likeness (QED) is 0.166. The first-order valence-electron chi connectivity index (χ1n) is 17.1. The highest BCUT2D eigenvalue weighted by Gasteiger charge is 2.24. The first-order chi connectivity index (χ1) is 25.4. The van der Waals surface area contributed by atoms with Gasteiger partial charge in [-0.25, -0.2) is 4.98 Å². The maximum Gasteiger partial charge on any atom is 0.145 e. The fourth-order valence-electron chi connectivity index (χ4n) is 7.60. The topological polar surface area (TPSA) is 17.8 Å². The Labute approximate surface area is 309 Å². The van der Waals surface area contributed by atoms with Crippen LogP contribution in [0.5, 0.6) is 0 Å². The summed E-state index contributed by atoms with van der Waals surface area (Å²) in [6.45, 7) is 0. The monoisotopic (exact) mass is 648 g/mol. The molecule has 7 heteroatoms. The average Bonchev–Trinajstić information content (AvgIpc) is 3.59. The van der Waals surface area contributed by atoms with E-state index >= 15 is 0 Å². The minimum absolute atomic E-state index is 0.185. The second-order valence-electron chi connectivity index (χ2n) is 13.0. The predicted molar refractivity (Wildman–Crippen MR) is 225 cm³/mol. The zero-order valence-corrected chi connectivity index (χ0v) is 28.2. The Balaban J connectivity index is 1.45. The summed E-state index contributed by atoms with van der Waals surface area (Å²) in [4.78, 5) is 5.16. The number of nitrogens with zero attached hydrogens (tertiary/aromatic N) is 2. The summed E-state index contributed by atoms with van der Waals surface area (Å²) < 4.78 is 2.27. The van der Waals surface area contributed by atoms with E-state index in [9.17, 15) is 0 Å². The molecule has 10 radical (unpaired) electrons. The van der Waals surface area contributed by atoms with Crippen molar-refractivity contribution in [2.75, 3.05) is 0 Å². The van der Waals surface area contributed by atoms with Gasteiger partial charge in [0.1, 0.15) is 45.1 Å². The summed E-state index contributed by atoms with van der Waals surface area (Å²) in [7, 11) is 33.0. The van der Waals surface area contributed by atoms with E-state index < -0.39 is 0 Å². The molecule has 0 N–H and O–H groups in total. The van der Waals surface area contributed by atoms with E-state index in [1.165, 1.54) is 0 Å². The van der Waals surface area contributed by atoms with E-state index in [2.05, 4.69) is 108 Å². The third-order valence-corrected chi connectivity index (χ3v) is 10.1. The van der Waals surface area contributed by atoms with Crippen molar-refractivity contribution in [2.45, 2.75) is 0 Å². The van der Waals surface area contributed by atoms with Crippen LogP contribution >= 0.6 is 0 Å². The number of rotatable bonds is 5. The number of aromatic nitrogens is 2. The molecule has 0 aliphatic heterocycles. The second kappa shape index (κ2) is 12.7. The van der Waals surface area contributed by atoms with Crippen molar-refractivity contribution in [2.24, 2.45) is 0 Å². The Kier molecular flexibility index (Phi) is 7.81. The van der Waals surface area contributed by atoms with Gasteiger partial charge in [-0.2, -0.15) is 0 Å². The van der Waals surface area contributed by atoms with Crippen molar-refractivity contribution in [3.05, 3.63) is 152 Å². The molecule has 8 aromatic carbocycles. The van der Waals surface area contributed by atoms with Crippen LogP contribution in [-0.4, -0.2) is 48.8 Å². The molecule has 0 saturated heterocycles. The van der Waals surface area contributed by atoms with Crippen LogP contribution in [-0.2, 0) is 0 Å². The molecule has 1 aromatic heterocycles. The third-order valence-electron chi connectivity index (χ3n) is 10.1. The van der Waals surface area contributed by atoms with E-state index in [4.69, 9.17) is 44.2 Å². The van der Waals surface area contributed by atoms with Gasteiger partial charge in [0.15, 0.2) is 0 Å². The number of hydrogen-bond donors (Lipinski definition) is 0. The molecule has 0 atom stereocenters. The lowest BCUT2D eigenvalue weighted by atomic mass is 9.59. The van der Waals surface area contributed by atoms with Crippen molar-refractivity contribution in [3.8, 4) is 50.5 Å². The second-order valence-corrected chi connectivity index (χ2v) is 13.0. The maximum atomic E-state index is 6.83. The molecule has 0 aliphatic rings. The molecular formula is C45H25B5N2. The summed E-state index contributed by atoms with van der Waals surface area (Å²) in [5.41, 5.74) is 10.8. The lowest BCUT2D eigenvalue weighted by Gasteiger charge is -2.26. The first kappa shape index (κ1) is 32.0. The van der Waals surface area contributed by atoms with Gasteiger partial charge in [0.05, 0.1) is 16.7 Å². The Morgan fingerprint density at radius 3 is 1.63 bits per heavy atom. The zero-order chi connectivity index (χ0) is 35.5. The van der Waals surface area contributed by atoms with Gasteiger partial charge in [-0.15, -0.1) is 16.4 Å². The van der Waals surface area contributed by atoms with E-state index in [1.807, 2.05) is 48.5 Å². The molecule has 0 spiro atoms. The Morgan fingerprint density at radius 1 is 0.385 bits per heavy atom. The lowest BCUT2D eigenvalue weighted by molar-refractivity contribution is 1.10. The summed E-state index contributed by atoms with van der Waals surface area (Å²) in [6, 6.07) is 52.3. The molecule has 0 amide bonds. The zero-order valence-electron chi connectivity index (χ0n) is 28.2. The van der Waals surface area contributed by atoms with Crippen LogP contribution in [0.15, 0.2) is 152 Å². The standard InChI is InChI=1S/C45H25B5N2/c46-40-39(41(47)43(49)44(50)42(40)48)38-30-18-8-7-17-29(30)37(31-24-23-28(25-33(31)38)26-13-3-1-4-14-26)32-19-9-11-21-35(32)52-36-22-12-10-20-34(36)51-45(52)27-15-5-2-6-16-27/h1-25H. The van der Waals surface area contributed by atoms with E-state index in [1.54, 1.807) is 0 Å². The van der Waals surface area contributed by atoms with E-state index in [-0.39, 0.29) is 16.4 Å². The third kappa shape index (κ3) is 4.99. The van der Waals surface area contributed by atoms with Crippen LogP contribution in [0.1, 0.15) is 0 Å². The highest BCUT2D eigenvalue weighted by molar-refractivity contribution is 6.69. The van der Waals surface area contributed by atoms with Crippen molar-refractivity contribution in [3.63, 3.8) is 0 Å². The number of imidazole rings is 1. The summed E-state index contributed by atoms with van der Waals surface area (Å²) in [5, 5.41) is 3.93. The fraction of sp³-hybridized carbons (Fsp3) is 0. The van der Waals surface area contributed by atoms with Gasteiger partial charge < -0.3 is 0 Å². The largest absolute Gasteiger partial charge is 0.292 e. The molecule has 0 unspecified atom stereocenters. The highest BCUT2D eigenvalue weighted by Crippen LogP contribution is 2.46. The molecule has 0 bridgehead atoms. The molecule has 52 heavy (non-hydrogen) atoms. The number of para-hydroxylation sites is 3. The first-order valence-corrected chi connectivity index (χ1v) is 17.1. The molecular weight excluding hydrogens is 623 g/mol. The molecule has 0 saturated carbocycles. The number of benzene rings is 8. The van der Waals surface area contributed by atoms with Crippen molar-refractivity contribution in [1.82, 2.24) is 9.55 Å². The van der Waals surface area contributed by atoms with Crippen LogP contribution in [0.25, 0.3) is 83.0 Å².